The predicted molar refractivity (Wildman–Crippen MR) is 110 cm³/mol. The summed E-state index contributed by atoms with van der Waals surface area (Å²) in [6, 6.07) is 8.06. The summed E-state index contributed by atoms with van der Waals surface area (Å²) in [6.45, 7) is 3.06. The van der Waals surface area contributed by atoms with Gasteiger partial charge >= 0.3 is 0 Å². The Labute approximate surface area is 163 Å². The number of benzene rings is 1. The molecular weight excluding hydrogens is 344 g/mol. The van der Waals surface area contributed by atoms with E-state index in [0.717, 1.165) is 29.9 Å². The summed E-state index contributed by atoms with van der Waals surface area (Å²) in [5.41, 5.74) is 2.02. The highest BCUT2D eigenvalue weighted by molar-refractivity contribution is 6.28. The SMILES string of the molecule is CCCCCCCCCCCCOc1ccc(-c2cnc(Cl)nc2)cc1. The van der Waals surface area contributed by atoms with Crippen LogP contribution in [-0.2, 0) is 0 Å². The summed E-state index contributed by atoms with van der Waals surface area (Å²) in [4.78, 5) is 8.02. The molecule has 4 heteroatoms. The van der Waals surface area contributed by atoms with E-state index >= 15 is 0 Å². The van der Waals surface area contributed by atoms with Gasteiger partial charge in [0.05, 0.1) is 6.61 Å². The molecule has 0 spiro atoms. The van der Waals surface area contributed by atoms with Crippen molar-refractivity contribution in [3.05, 3.63) is 41.9 Å². The summed E-state index contributed by atoms with van der Waals surface area (Å²) >= 11 is 5.72. The van der Waals surface area contributed by atoms with Crippen molar-refractivity contribution < 1.29 is 4.74 Å². The maximum Gasteiger partial charge on any atom is 0.222 e. The fraction of sp³-hybridized carbons (Fsp3) is 0.545. The van der Waals surface area contributed by atoms with E-state index < -0.39 is 0 Å². The van der Waals surface area contributed by atoms with Crippen LogP contribution in [0.25, 0.3) is 11.1 Å². The Bertz CT molecular complexity index is 599. The minimum absolute atomic E-state index is 0.269. The van der Waals surface area contributed by atoms with Crippen molar-refractivity contribution in [3.63, 3.8) is 0 Å². The third-order valence-corrected chi connectivity index (χ3v) is 4.77. The molecule has 0 N–H and O–H groups in total. The van der Waals surface area contributed by atoms with Gasteiger partial charge in [0.25, 0.3) is 0 Å². The van der Waals surface area contributed by atoms with Crippen LogP contribution in [0, 0.1) is 0 Å². The molecule has 2 aromatic rings. The average Bonchev–Trinajstić information content (AvgIpc) is 2.67. The van der Waals surface area contributed by atoms with Crippen LogP contribution in [0.3, 0.4) is 0 Å². The van der Waals surface area contributed by atoms with Gasteiger partial charge in [0, 0.05) is 18.0 Å². The number of halogens is 1. The normalized spacial score (nSPS) is 10.8. The third kappa shape index (κ3) is 8.18. The Morgan fingerprint density at radius 1 is 0.731 bits per heavy atom. The first-order valence-corrected chi connectivity index (χ1v) is 10.4. The summed E-state index contributed by atoms with van der Waals surface area (Å²) in [5, 5.41) is 0.269. The summed E-state index contributed by atoms with van der Waals surface area (Å²) < 4.78 is 5.84. The molecule has 0 fully saturated rings. The van der Waals surface area contributed by atoms with Gasteiger partial charge < -0.3 is 4.74 Å². The molecule has 0 aliphatic carbocycles. The van der Waals surface area contributed by atoms with Crippen LogP contribution in [0.2, 0.25) is 5.28 Å². The molecule has 1 heterocycles. The van der Waals surface area contributed by atoms with Crippen LogP contribution in [-0.4, -0.2) is 16.6 Å². The van der Waals surface area contributed by atoms with Gasteiger partial charge in [-0.05, 0) is 35.7 Å². The van der Waals surface area contributed by atoms with E-state index in [1.807, 2.05) is 24.3 Å². The molecule has 0 atom stereocenters. The highest BCUT2D eigenvalue weighted by Crippen LogP contribution is 2.22. The van der Waals surface area contributed by atoms with Gasteiger partial charge in [-0.2, -0.15) is 0 Å². The molecule has 0 radical (unpaired) electrons. The second kappa shape index (κ2) is 12.7. The Kier molecular flexibility index (Phi) is 10.1. The van der Waals surface area contributed by atoms with E-state index in [1.165, 1.54) is 57.8 Å². The third-order valence-electron chi connectivity index (χ3n) is 4.57. The van der Waals surface area contributed by atoms with Crippen LogP contribution < -0.4 is 4.74 Å². The van der Waals surface area contributed by atoms with Crippen molar-refractivity contribution in [2.75, 3.05) is 6.61 Å². The van der Waals surface area contributed by atoms with E-state index in [0.29, 0.717) is 0 Å². The van der Waals surface area contributed by atoms with Gasteiger partial charge in [-0.25, -0.2) is 9.97 Å². The molecule has 2 rings (SSSR count). The zero-order valence-electron chi connectivity index (χ0n) is 15.9. The van der Waals surface area contributed by atoms with E-state index in [4.69, 9.17) is 16.3 Å². The molecule has 0 aliphatic rings. The van der Waals surface area contributed by atoms with Crippen LogP contribution in [0.5, 0.6) is 5.75 Å². The zero-order chi connectivity index (χ0) is 18.5. The number of hydrogen-bond acceptors (Lipinski definition) is 3. The molecule has 3 nitrogen and oxygen atoms in total. The number of ether oxygens (including phenoxy) is 1. The summed E-state index contributed by atoms with van der Waals surface area (Å²) in [5.74, 6) is 0.916. The second-order valence-electron chi connectivity index (χ2n) is 6.80. The fourth-order valence-electron chi connectivity index (χ4n) is 2.98. The number of nitrogens with zero attached hydrogens (tertiary/aromatic N) is 2. The number of unbranched alkanes of at least 4 members (excludes halogenated alkanes) is 9. The van der Waals surface area contributed by atoms with E-state index in [1.54, 1.807) is 12.4 Å². The standard InChI is InChI=1S/C22H31ClN2O/c1-2-3-4-5-6-7-8-9-10-11-16-26-21-14-12-19(13-15-21)20-17-24-22(23)25-18-20/h12-15,17-18H,2-11,16H2,1H3. The van der Waals surface area contributed by atoms with Crippen molar-refractivity contribution in [1.29, 1.82) is 0 Å². The lowest BCUT2D eigenvalue weighted by Crippen LogP contribution is -1.97. The van der Waals surface area contributed by atoms with Crippen molar-refractivity contribution in [2.45, 2.75) is 71.1 Å². The minimum atomic E-state index is 0.269. The van der Waals surface area contributed by atoms with E-state index in [2.05, 4.69) is 16.9 Å². The molecule has 0 bridgehead atoms. The number of aromatic nitrogens is 2. The lowest BCUT2D eigenvalue weighted by atomic mass is 10.1. The number of rotatable bonds is 13. The fourth-order valence-corrected chi connectivity index (χ4v) is 3.08. The Morgan fingerprint density at radius 2 is 1.27 bits per heavy atom. The maximum atomic E-state index is 5.84. The van der Waals surface area contributed by atoms with Crippen LogP contribution in [0.4, 0.5) is 0 Å². The largest absolute Gasteiger partial charge is 0.494 e. The smallest absolute Gasteiger partial charge is 0.222 e. The summed E-state index contributed by atoms with van der Waals surface area (Å²) in [7, 11) is 0. The second-order valence-corrected chi connectivity index (χ2v) is 7.13. The molecular formula is C22H31ClN2O. The van der Waals surface area contributed by atoms with Crippen LogP contribution in [0.15, 0.2) is 36.7 Å². The predicted octanol–water partition coefficient (Wildman–Crippen LogP) is 7.10. The monoisotopic (exact) mass is 374 g/mol. The maximum absolute atomic E-state index is 5.84. The Hall–Kier alpha value is -1.61. The van der Waals surface area contributed by atoms with Gasteiger partial charge in [0.2, 0.25) is 5.28 Å². The molecule has 0 saturated carbocycles. The topological polar surface area (TPSA) is 35.0 Å². The molecule has 142 valence electrons. The van der Waals surface area contributed by atoms with Crippen molar-refractivity contribution in [3.8, 4) is 16.9 Å². The van der Waals surface area contributed by atoms with Crippen molar-refractivity contribution >= 4 is 11.6 Å². The Balaban J connectivity index is 1.54. The van der Waals surface area contributed by atoms with Crippen LogP contribution in [0.1, 0.15) is 71.1 Å². The quantitative estimate of drug-likeness (QED) is 0.277. The molecule has 0 saturated heterocycles. The van der Waals surface area contributed by atoms with Gasteiger partial charge in [0.1, 0.15) is 5.75 Å². The van der Waals surface area contributed by atoms with Gasteiger partial charge in [0.15, 0.2) is 0 Å². The lowest BCUT2D eigenvalue weighted by molar-refractivity contribution is 0.304. The molecule has 1 aromatic heterocycles. The highest BCUT2D eigenvalue weighted by Gasteiger charge is 2.01. The minimum Gasteiger partial charge on any atom is -0.494 e. The van der Waals surface area contributed by atoms with Crippen LogP contribution >= 0.6 is 11.6 Å². The van der Waals surface area contributed by atoms with Gasteiger partial charge in [-0.15, -0.1) is 0 Å². The first kappa shape index (κ1) is 20.7. The summed E-state index contributed by atoms with van der Waals surface area (Å²) in [6.07, 6.45) is 16.9. The Morgan fingerprint density at radius 3 is 1.85 bits per heavy atom. The van der Waals surface area contributed by atoms with E-state index in [-0.39, 0.29) is 5.28 Å². The zero-order valence-corrected chi connectivity index (χ0v) is 16.7. The van der Waals surface area contributed by atoms with E-state index in [9.17, 15) is 0 Å². The average molecular weight is 375 g/mol. The first-order valence-electron chi connectivity index (χ1n) is 10.0. The van der Waals surface area contributed by atoms with Crippen molar-refractivity contribution in [2.24, 2.45) is 0 Å². The molecule has 1 aromatic carbocycles. The molecule has 0 amide bonds. The highest BCUT2D eigenvalue weighted by atomic mass is 35.5. The lowest BCUT2D eigenvalue weighted by Gasteiger charge is -2.07. The van der Waals surface area contributed by atoms with Crippen molar-refractivity contribution in [1.82, 2.24) is 9.97 Å². The molecule has 0 unspecified atom stereocenters. The van der Waals surface area contributed by atoms with Gasteiger partial charge in [-0.1, -0.05) is 76.8 Å². The molecule has 26 heavy (non-hydrogen) atoms. The first-order chi connectivity index (χ1) is 12.8. The number of hydrogen-bond donors (Lipinski definition) is 0. The molecule has 0 aliphatic heterocycles. The van der Waals surface area contributed by atoms with Gasteiger partial charge in [-0.3, -0.25) is 0 Å².